The minimum atomic E-state index is -0.303. The number of esters is 1. The number of hydrogen-bond donors (Lipinski definition) is 0. The molecule has 2 aliphatic rings. The molecule has 1 saturated heterocycles. The number of Topliss-reactive ketones (excluding diaryl/α,β-unsaturated/α-hetero) is 1. The van der Waals surface area contributed by atoms with Gasteiger partial charge in [0.15, 0.2) is 5.78 Å². The number of fused-ring (bicyclic) bond motifs is 1. The van der Waals surface area contributed by atoms with Crippen LogP contribution in [-0.4, -0.2) is 60.4 Å². The molecule has 0 bridgehead atoms. The highest BCUT2D eigenvalue weighted by molar-refractivity contribution is 5.97. The summed E-state index contributed by atoms with van der Waals surface area (Å²) in [6, 6.07) is 14.8. The van der Waals surface area contributed by atoms with E-state index in [9.17, 15) is 14.4 Å². The van der Waals surface area contributed by atoms with Crippen molar-refractivity contribution in [3.8, 4) is 5.75 Å². The zero-order chi connectivity index (χ0) is 20.9. The fraction of sp³-hybridized carbons (Fsp3) is 0.348. The number of amides is 1. The summed E-state index contributed by atoms with van der Waals surface area (Å²) < 4.78 is 10.5. The number of rotatable bonds is 6. The first kappa shape index (κ1) is 20.1. The Balaban J connectivity index is 1.19. The van der Waals surface area contributed by atoms with Crippen molar-refractivity contribution in [2.24, 2.45) is 0 Å². The number of ether oxygens (including phenoxy) is 2. The van der Waals surface area contributed by atoms with Crippen molar-refractivity contribution >= 4 is 17.8 Å². The highest BCUT2D eigenvalue weighted by Crippen LogP contribution is 2.27. The van der Waals surface area contributed by atoms with Gasteiger partial charge in [-0.25, -0.2) is 4.79 Å². The Kier molecular flexibility index (Phi) is 6.09. The van der Waals surface area contributed by atoms with Crippen molar-refractivity contribution in [1.82, 2.24) is 9.80 Å². The lowest BCUT2D eigenvalue weighted by Gasteiger charge is -2.33. The Morgan fingerprint density at radius 2 is 1.77 bits per heavy atom. The second-order valence-electron chi connectivity index (χ2n) is 7.52. The topological polar surface area (TPSA) is 76.2 Å². The molecule has 4 rings (SSSR count). The molecule has 0 radical (unpaired) electrons. The lowest BCUT2D eigenvalue weighted by molar-refractivity contribution is -0.131. The highest BCUT2D eigenvalue weighted by Gasteiger charge is 2.24. The van der Waals surface area contributed by atoms with E-state index in [4.69, 9.17) is 9.47 Å². The van der Waals surface area contributed by atoms with Crippen LogP contribution >= 0.6 is 0 Å². The van der Waals surface area contributed by atoms with Crippen molar-refractivity contribution in [2.45, 2.75) is 19.4 Å². The van der Waals surface area contributed by atoms with Crippen molar-refractivity contribution in [3.05, 3.63) is 65.2 Å². The van der Waals surface area contributed by atoms with E-state index in [2.05, 4.69) is 4.90 Å². The molecule has 0 saturated carbocycles. The SMILES string of the molecule is O=C1Cc2ccc(C(=O)CCN3CCN(C(=O)OCc4ccccc4)CC3)cc2O1. The van der Waals surface area contributed by atoms with Crippen molar-refractivity contribution in [2.75, 3.05) is 32.7 Å². The van der Waals surface area contributed by atoms with Gasteiger partial charge < -0.3 is 14.4 Å². The lowest BCUT2D eigenvalue weighted by atomic mass is 10.0. The lowest BCUT2D eigenvalue weighted by Crippen LogP contribution is -2.49. The van der Waals surface area contributed by atoms with Crippen LogP contribution in [0.1, 0.15) is 27.9 Å². The molecule has 0 spiro atoms. The van der Waals surface area contributed by atoms with E-state index in [0.29, 0.717) is 50.5 Å². The van der Waals surface area contributed by atoms with Gasteiger partial charge in [-0.05, 0) is 11.6 Å². The van der Waals surface area contributed by atoms with Crippen LogP contribution in [0.4, 0.5) is 4.79 Å². The van der Waals surface area contributed by atoms with Gasteiger partial charge in [0.25, 0.3) is 0 Å². The molecule has 0 unspecified atom stereocenters. The van der Waals surface area contributed by atoms with Crippen LogP contribution in [0.5, 0.6) is 5.75 Å². The number of benzene rings is 2. The summed E-state index contributed by atoms with van der Waals surface area (Å²) in [7, 11) is 0. The van der Waals surface area contributed by atoms with Gasteiger partial charge in [0.2, 0.25) is 0 Å². The van der Waals surface area contributed by atoms with Crippen LogP contribution < -0.4 is 4.74 Å². The Morgan fingerprint density at radius 3 is 2.53 bits per heavy atom. The number of piperazine rings is 1. The average Bonchev–Trinajstić information content (AvgIpc) is 3.16. The molecule has 7 nitrogen and oxygen atoms in total. The van der Waals surface area contributed by atoms with E-state index in [1.165, 1.54) is 0 Å². The maximum Gasteiger partial charge on any atom is 0.410 e. The molecular formula is C23H24N2O5. The quantitative estimate of drug-likeness (QED) is 0.416. The summed E-state index contributed by atoms with van der Waals surface area (Å²) in [6.45, 7) is 3.46. The molecule has 30 heavy (non-hydrogen) atoms. The molecule has 0 aromatic heterocycles. The fourth-order valence-electron chi connectivity index (χ4n) is 3.65. The van der Waals surface area contributed by atoms with Crippen LogP contribution in [0, 0.1) is 0 Å². The number of nitrogens with zero attached hydrogens (tertiary/aromatic N) is 2. The standard InChI is InChI=1S/C23H24N2O5/c26-20(18-6-7-19-15-22(27)30-21(19)14-18)8-9-24-10-12-25(13-11-24)23(28)29-16-17-4-2-1-3-5-17/h1-7,14H,8-13,15-16H2. The first-order valence-electron chi connectivity index (χ1n) is 10.1. The first-order chi connectivity index (χ1) is 14.6. The molecule has 2 aromatic rings. The molecule has 7 heteroatoms. The van der Waals surface area contributed by atoms with Gasteiger partial charge in [-0.1, -0.05) is 42.5 Å². The predicted octanol–water partition coefficient (Wildman–Crippen LogP) is 2.68. The molecule has 0 atom stereocenters. The number of ketones is 1. The van der Waals surface area contributed by atoms with E-state index in [1.807, 2.05) is 30.3 Å². The third-order valence-corrected chi connectivity index (χ3v) is 5.44. The second-order valence-corrected chi connectivity index (χ2v) is 7.52. The third-order valence-electron chi connectivity index (χ3n) is 5.44. The highest BCUT2D eigenvalue weighted by atomic mass is 16.6. The van der Waals surface area contributed by atoms with E-state index in [-0.39, 0.29) is 30.9 Å². The summed E-state index contributed by atoms with van der Waals surface area (Å²) in [5.74, 6) is 0.230. The van der Waals surface area contributed by atoms with Gasteiger partial charge in [-0.15, -0.1) is 0 Å². The Morgan fingerprint density at radius 1 is 1.00 bits per heavy atom. The largest absolute Gasteiger partial charge is 0.445 e. The smallest absolute Gasteiger partial charge is 0.410 e. The van der Waals surface area contributed by atoms with Crippen LogP contribution in [0.15, 0.2) is 48.5 Å². The zero-order valence-corrected chi connectivity index (χ0v) is 16.7. The molecule has 1 fully saturated rings. The summed E-state index contributed by atoms with van der Waals surface area (Å²) in [6.07, 6.45) is 0.342. The van der Waals surface area contributed by atoms with Crippen LogP contribution in [0.3, 0.4) is 0 Å². The predicted molar refractivity (Wildman–Crippen MR) is 109 cm³/mol. The molecule has 0 aliphatic carbocycles. The van der Waals surface area contributed by atoms with Gasteiger partial charge in [0, 0.05) is 50.3 Å². The molecule has 156 valence electrons. The third kappa shape index (κ3) is 4.86. The zero-order valence-electron chi connectivity index (χ0n) is 16.7. The number of carbonyl (C=O) groups is 3. The van der Waals surface area contributed by atoms with Crippen LogP contribution in [-0.2, 0) is 22.6 Å². The minimum absolute atomic E-state index is 0.0189. The van der Waals surface area contributed by atoms with Crippen LogP contribution in [0.2, 0.25) is 0 Å². The van der Waals surface area contributed by atoms with Crippen molar-refractivity contribution in [3.63, 3.8) is 0 Å². The van der Waals surface area contributed by atoms with Gasteiger partial charge in [-0.2, -0.15) is 0 Å². The molecule has 2 aliphatic heterocycles. The average molecular weight is 408 g/mol. The van der Waals surface area contributed by atoms with Gasteiger partial charge in [-0.3, -0.25) is 14.5 Å². The molecule has 0 N–H and O–H groups in total. The molecule has 1 amide bonds. The summed E-state index contributed by atoms with van der Waals surface area (Å²) in [5.41, 5.74) is 2.35. The van der Waals surface area contributed by atoms with Gasteiger partial charge in [0.05, 0.1) is 6.42 Å². The Hall–Kier alpha value is -3.19. The number of hydrogen-bond acceptors (Lipinski definition) is 6. The number of carbonyl (C=O) groups excluding carboxylic acids is 3. The van der Waals surface area contributed by atoms with Gasteiger partial charge >= 0.3 is 12.1 Å². The fourth-order valence-corrected chi connectivity index (χ4v) is 3.65. The van der Waals surface area contributed by atoms with E-state index in [0.717, 1.165) is 11.1 Å². The van der Waals surface area contributed by atoms with E-state index in [1.54, 1.807) is 23.1 Å². The molecule has 2 aromatic carbocycles. The van der Waals surface area contributed by atoms with Crippen LogP contribution in [0.25, 0.3) is 0 Å². The van der Waals surface area contributed by atoms with Crippen molar-refractivity contribution in [1.29, 1.82) is 0 Å². The van der Waals surface area contributed by atoms with Gasteiger partial charge in [0.1, 0.15) is 12.4 Å². The van der Waals surface area contributed by atoms with E-state index >= 15 is 0 Å². The maximum atomic E-state index is 12.5. The molecular weight excluding hydrogens is 384 g/mol. The summed E-state index contributed by atoms with van der Waals surface area (Å²) in [4.78, 5) is 40.0. The Labute approximate surface area is 175 Å². The normalized spacial score (nSPS) is 16.1. The summed E-state index contributed by atoms with van der Waals surface area (Å²) >= 11 is 0. The monoisotopic (exact) mass is 408 g/mol. The first-order valence-corrected chi connectivity index (χ1v) is 10.1. The van der Waals surface area contributed by atoms with Crippen molar-refractivity contribution < 1.29 is 23.9 Å². The second kappa shape index (κ2) is 9.09. The minimum Gasteiger partial charge on any atom is -0.445 e. The Bertz CT molecular complexity index is 936. The summed E-state index contributed by atoms with van der Waals surface area (Å²) in [5, 5.41) is 0. The maximum absolute atomic E-state index is 12.5. The molecule has 2 heterocycles. The van der Waals surface area contributed by atoms with E-state index < -0.39 is 0 Å².